The highest BCUT2D eigenvalue weighted by Crippen LogP contribution is 2.46. The summed E-state index contributed by atoms with van der Waals surface area (Å²) in [6, 6.07) is 7.09. The maximum Gasteiger partial charge on any atom is 0.122 e. The minimum absolute atomic E-state index is 0. The number of halogens is 1. The predicted octanol–water partition coefficient (Wildman–Crippen LogP) is 4.09. The number of fused-ring (bicyclic) bond motifs is 1. The van der Waals surface area contributed by atoms with Gasteiger partial charge in [-0.05, 0) is 36.8 Å². The van der Waals surface area contributed by atoms with Crippen LogP contribution in [0.1, 0.15) is 42.7 Å². The van der Waals surface area contributed by atoms with Gasteiger partial charge in [-0.2, -0.15) is 0 Å². The number of hydrogen-bond acceptors (Lipinski definition) is 2. The molecule has 0 radical (unpaired) electrons. The zero-order valence-electron chi connectivity index (χ0n) is 12.8. The molecular formula is C18H26ClNO. The molecule has 0 spiro atoms. The van der Waals surface area contributed by atoms with Crippen molar-refractivity contribution in [3.63, 3.8) is 0 Å². The maximum atomic E-state index is 5.65. The first-order valence-corrected chi connectivity index (χ1v) is 7.83. The van der Waals surface area contributed by atoms with Crippen molar-refractivity contribution in [3.05, 3.63) is 42.0 Å². The van der Waals surface area contributed by atoms with Crippen molar-refractivity contribution < 1.29 is 4.74 Å². The van der Waals surface area contributed by atoms with Crippen LogP contribution in [0, 0.1) is 5.92 Å². The first kappa shape index (κ1) is 16.4. The Bertz CT molecular complexity index is 470. The molecule has 2 atom stereocenters. The molecule has 0 aliphatic heterocycles. The Labute approximate surface area is 134 Å². The van der Waals surface area contributed by atoms with Crippen LogP contribution < -0.4 is 10.1 Å². The predicted molar refractivity (Wildman–Crippen MR) is 90.6 cm³/mol. The van der Waals surface area contributed by atoms with E-state index < -0.39 is 0 Å². The van der Waals surface area contributed by atoms with Gasteiger partial charge in [0.05, 0.1) is 7.11 Å². The Kier molecular flexibility index (Phi) is 5.72. The van der Waals surface area contributed by atoms with Crippen LogP contribution in [-0.4, -0.2) is 19.7 Å². The number of hydrogen-bond donors (Lipinski definition) is 1. The topological polar surface area (TPSA) is 21.3 Å². The highest BCUT2D eigenvalue weighted by molar-refractivity contribution is 5.85. The van der Waals surface area contributed by atoms with Crippen LogP contribution >= 0.6 is 12.4 Å². The highest BCUT2D eigenvalue weighted by atomic mass is 35.5. The molecule has 0 aromatic heterocycles. The van der Waals surface area contributed by atoms with E-state index in [1.165, 1.54) is 36.8 Å². The van der Waals surface area contributed by atoms with E-state index in [1.54, 1.807) is 7.11 Å². The van der Waals surface area contributed by atoms with Gasteiger partial charge in [0, 0.05) is 24.1 Å². The van der Waals surface area contributed by atoms with E-state index in [1.807, 2.05) is 6.08 Å². The van der Waals surface area contributed by atoms with Gasteiger partial charge in [0.15, 0.2) is 0 Å². The fourth-order valence-electron chi connectivity index (χ4n) is 3.59. The molecule has 2 aliphatic carbocycles. The van der Waals surface area contributed by atoms with E-state index >= 15 is 0 Å². The quantitative estimate of drug-likeness (QED) is 0.799. The van der Waals surface area contributed by atoms with Crippen molar-refractivity contribution in [2.24, 2.45) is 5.92 Å². The summed E-state index contributed by atoms with van der Waals surface area (Å²) in [5.74, 6) is 2.62. The molecule has 0 saturated heterocycles. The highest BCUT2D eigenvalue weighted by Gasteiger charge is 2.35. The summed E-state index contributed by atoms with van der Waals surface area (Å²) in [7, 11) is 1.80. The fourth-order valence-corrected chi connectivity index (χ4v) is 3.59. The molecule has 0 bridgehead atoms. The van der Waals surface area contributed by atoms with E-state index in [-0.39, 0.29) is 12.4 Å². The van der Waals surface area contributed by atoms with E-state index in [0.29, 0.717) is 12.0 Å². The van der Waals surface area contributed by atoms with Crippen LogP contribution in [0.4, 0.5) is 0 Å². The lowest BCUT2D eigenvalue weighted by molar-refractivity contribution is 0.347. The van der Waals surface area contributed by atoms with Gasteiger partial charge in [-0.3, -0.25) is 0 Å². The number of nitrogens with one attached hydrogen (secondary N) is 1. The van der Waals surface area contributed by atoms with Crippen LogP contribution in [-0.2, 0) is 6.42 Å². The fraction of sp³-hybridized carbons (Fsp3) is 0.556. The third-order valence-corrected chi connectivity index (χ3v) is 4.77. The number of ether oxygens (including phenoxy) is 1. The van der Waals surface area contributed by atoms with E-state index in [4.69, 9.17) is 4.74 Å². The van der Waals surface area contributed by atoms with Gasteiger partial charge in [-0.1, -0.05) is 31.1 Å². The van der Waals surface area contributed by atoms with Crippen molar-refractivity contribution >= 4 is 12.4 Å². The average molecular weight is 308 g/mol. The van der Waals surface area contributed by atoms with Crippen molar-refractivity contribution in [3.8, 4) is 5.75 Å². The molecule has 1 fully saturated rings. The summed E-state index contributed by atoms with van der Waals surface area (Å²) in [5.41, 5.74) is 2.96. The summed E-state index contributed by atoms with van der Waals surface area (Å²) in [5, 5.41) is 3.67. The van der Waals surface area contributed by atoms with Crippen LogP contribution in [0.2, 0.25) is 0 Å². The number of rotatable bonds is 6. The van der Waals surface area contributed by atoms with Gasteiger partial charge < -0.3 is 10.1 Å². The first-order chi connectivity index (χ1) is 9.83. The van der Waals surface area contributed by atoms with E-state index in [9.17, 15) is 0 Å². The number of aryl methyl sites for hydroxylation is 1. The van der Waals surface area contributed by atoms with Crippen molar-refractivity contribution in [1.82, 2.24) is 5.32 Å². The minimum atomic E-state index is 0. The molecule has 3 heteroatoms. The largest absolute Gasteiger partial charge is 0.496 e. The summed E-state index contributed by atoms with van der Waals surface area (Å²) in [6.45, 7) is 4.73. The summed E-state index contributed by atoms with van der Waals surface area (Å²) in [4.78, 5) is 0. The monoisotopic (exact) mass is 307 g/mol. The molecule has 2 nitrogen and oxygen atoms in total. The molecule has 0 amide bonds. The lowest BCUT2D eigenvalue weighted by Crippen LogP contribution is -2.39. The normalized spacial score (nSPS) is 23.9. The summed E-state index contributed by atoms with van der Waals surface area (Å²) >= 11 is 0. The van der Waals surface area contributed by atoms with Gasteiger partial charge in [0.1, 0.15) is 5.75 Å². The SMILES string of the molecule is C=CCN[C@@H]1CCc2cccc(OC)c2[C@H]1CC1CC1.Cl. The van der Waals surface area contributed by atoms with Gasteiger partial charge in [0.2, 0.25) is 0 Å². The van der Waals surface area contributed by atoms with Gasteiger partial charge in [-0.15, -0.1) is 19.0 Å². The molecule has 1 N–H and O–H groups in total. The molecule has 1 saturated carbocycles. The van der Waals surface area contributed by atoms with Crippen LogP contribution in [0.15, 0.2) is 30.9 Å². The van der Waals surface area contributed by atoms with Crippen molar-refractivity contribution in [1.29, 1.82) is 0 Å². The molecule has 116 valence electrons. The second-order valence-corrected chi connectivity index (χ2v) is 6.16. The Morgan fingerprint density at radius 1 is 1.33 bits per heavy atom. The van der Waals surface area contributed by atoms with Crippen LogP contribution in [0.5, 0.6) is 5.75 Å². The molecule has 1 aromatic rings. The molecule has 2 aliphatic rings. The van der Waals surface area contributed by atoms with Crippen molar-refractivity contribution in [2.75, 3.05) is 13.7 Å². The average Bonchev–Trinajstić information content (AvgIpc) is 3.29. The van der Waals surface area contributed by atoms with E-state index in [2.05, 4.69) is 30.1 Å². The second-order valence-electron chi connectivity index (χ2n) is 6.16. The third-order valence-electron chi connectivity index (χ3n) is 4.77. The standard InChI is InChI=1S/C18H25NO.ClH/c1-3-11-19-16-10-9-14-5-4-6-17(20-2)18(14)15(16)12-13-7-8-13;/h3-6,13,15-16,19H,1,7-12H2,2H3;1H/t15-,16+;/m0./s1. The van der Waals surface area contributed by atoms with E-state index in [0.717, 1.165) is 24.6 Å². The second kappa shape index (κ2) is 7.33. The molecule has 0 heterocycles. The minimum Gasteiger partial charge on any atom is -0.496 e. The first-order valence-electron chi connectivity index (χ1n) is 7.83. The summed E-state index contributed by atoms with van der Waals surface area (Å²) in [6.07, 6.45) is 8.48. The Morgan fingerprint density at radius 3 is 2.81 bits per heavy atom. The lowest BCUT2D eigenvalue weighted by Gasteiger charge is -2.35. The van der Waals surface area contributed by atoms with Gasteiger partial charge >= 0.3 is 0 Å². The number of benzene rings is 1. The Balaban J connectivity index is 0.00000161. The zero-order valence-corrected chi connectivity index (χ0v) is 13.6. The molecule has 0 unspecified atom stereocenters. The molecular weight excluding hydrogens is 282 g/mol. The summed E-state index contributed by atoms with van der Waals surface area (Å²) < 4.78 is 5.65. The molecule has 1 aromatic carbocycles. The van der Waals surface area contributed by atoms with Crippen molar-refractivity contribution in [2.45, 2.75) is 44.1 Å². The molecule has 3 rings (SSSR count). The maximum absolute atomic E-state index is 5.65. The lowest BCUT2D eigenvalue weighted by atomic mass is 9.76. The van der Waals surface area contributed by atoms with Crippen LogP contribution in [0.3, 0.4) is 0 Å². The Morgan fingerprint density at radius 2 is 2.14 bits per heavy atom. The molecule has 21 heavy (non-hydrogen) atoms. The van der Waals surface area contributed by atoms with Gasteiger partial charge in [-0.25, -0.2) is 0 Å². The smallest absolute Gasteiger partial charge is 0.122 e. The Hall–Kier alpha value is -0.990. The van der Waals surface area contributed by atoms with Crippen LogP contribution in [0.25, 0.3) is 0 Å². The number of methoxy groups -OCH3 is 1. The third kappa shape index (κ3) is 3.61. The van der Waals surface area contributed by atoms with Gasteiger partial charge in [0.25, 0.3) is 0 Å². The zero-order chi connectivity index (χ0) is 13.9.